The number of hydrogen-bond acceptors (Lipinski definition) is 5. The second-order valence-corrected chi connectivity index (χ2v) is 2.83. The summed E-state index contributed by atoms with van der Waals surface area (Å²) in [5.74, 6) is 0.0315. The highest BCUT2D eigenvalue weighted by molar-refractivity contribution is 5.89. The lowest BCUT2D eigenvalue weighted by molar-refractivity contribution is 0.0600. The summed E-state index contributed by atoms with van der Waals surface area (Å²) >= 11 is 0. The molecule has 5 nitrogen and oxygen atoms in total. The normalized spacial score (nSPS) is 9.73. The smallest absolute Gasteiger partial charge is 0.338 e. The molecule has 1 heterocycles. The van der Waals surface area contributed by atoms with E-state index in [1.807, 2.05) is 7.05 Å². The Hall–Kier alpha value is -1.62. The summed E-state index contributed by atoms with van der Waals surface area (Å²) in [6.07, 6.45) is 1.51. The molecule has 0 spiro atoms. The van der Waals surface area contributed by atoms with E-state index in [0.717, 1.165) is 6.54 Å². The molecule has 0 aromatic carbocycles. The van der Waals surface area contributed by atoms with Gasteiger partial charge in [0.25, 0.3) is 0 Å². The zero-order chi connectivity index (χ0) is 11.1. The molecule has 1 aromatic heterocycles. The van der Waals surface area contributed by atoms with Gasteiger partial charge in [0, 0.05) is 18.8 Å². The Kier molecular flexibility index (Phi) is 4.56. The number of rotatable bonds is 5. The van der Waals surface area contributed by atoms with Gasteiger partial charge in [-0.3, -0.25) is 0 Å². The second kappa shape index (κ2) is 5.98. The molecule has 0 fully saturated rings. The Labute approximate surface area is 88.4 Å². The summed E-state index contributed by atoms with van der Waals surface area (Å²) in [5.41, 5.74) is 0.437. The van der Waals surface area contributed by atoms with Crippen LogP contribution in [0.5, 0.6) is 5.88 Å². The van der Waals surface area contributed by atoms with Crippen LogP contribution in [0.15, 0.2) is 18.3 Å². The van der Waals surface area contributed by atoms with E-state index in [9.17, 15) is 4.79 Å². The maximum absolute atomic E-state index is 11.2. The first-order valence-electron chi connectivity index (χ1n) is 4.59. The van der Waals surface area contributed by atoms with Crippen molar-refractivity contribution in [2.24, 2.45) is 0 Å². The van der Waals surface area contributed by atoms with Crippen LogP contribution in [0.25, 0.3) is 0 Å². The monoisotopic (exact) mass is 210 g/mol. The Balaban J connectivity index is 2.62. The molecule has 82 valence electrons. The van der Waals surface area contributed by atoms with Crippen molar-refractivity contribution in [3.05, 3.63) is 23.9 Å². The molecule has 0 saturated carbocycles. The van der Waals surface area contributed by atoms with E-state index in [1.165, 1.54) is 13.3 Å². The number of pyridine rings is 1. The summed E-state index contributed by atoms with van der Waals surface area (Å²) in [5, 5.41) is 2.94. The third kappa shape index (κ3) is 3.55. The minimum Gasteiger partial charge on any atom is -0.476 e. The number of nitrogens with one attached hydrogen (secondary N) is 1. The van der Waals surface area contributed by atoms with Gasteiger partial charge in [0.1, 0.15) is 6.61 Å². The van der Waals surface area contributed by atoms with Gasteiger partial charge in [-0.1, -0.05) is 0 Å². The van der Waals surface area contributed by atoms with Crippen molar-refractivity contribution in [1.29, 1.82) is 0 Å². The van der Waals surface area contributed by atoms with Gasteiger partial charge >= 0.3 is 5.97 Å². The minimum atomic E-state index is -0.393. The third-order valence-corrected chi connectivity index (χ3v) is 1.76. The first-order chi connectivity index (χ1) is 7.27. The van der Waals surface area contributed by atoms with E-state index in [-0.39, 0.29) is 0 Å². The quantitative estimate of drug-likeness (QED) is 0.565. The molecule has 0 aliphatic carbocycles. The highest BCUT2D eigenvalue weighted by Crippen LogP contribution is 2.09. The summed E-state index contributed by atoms with van der Waals surface area (Å²) in [6, 6.07) is 3.14. The first kappa shape index (κ1) is 11.5. The van der Waals surface area contributed by atoms with Gasteiger partial charge in [0.2, 0.25) is 5.88 Å². The molecule has 0 unspecified atom stereocenters. The molecule has 0 saturated heterocycles. The van der Waals surface area contributed by atoms with Gasteiger partial charge in [0.05, 0.1) is 12.7 Å². The lowest BCUT2D eigenvalue weighted by Gasteiger charge is -2.05. The van der Waals surface area contributed by atoms with E-state index in [4.69, 9.17) is 4.74 Å². The summed E-state index contributed by atoms with van der Waals surface area (Å²) in [6.45, 7) is 1.23. The molecule has 1 N–H and O–H groups in total. The van der Waals surface area contributed by atoms with Gasteiger partial charge < -0.3 is 14.8 Å². The van der Waals surface area contributed by atoms with Gasteiger partial charge in [0.15, 0.2) is 0 Å². The van der Waals surface area contributed by atoms with Gasteiger partial charge in [-0.15, -0.1) is 0 Å². The van der Waals surface area contributed by atoms with Crippen LogP contribution >= 0.6 is 0 Å². The number of aromatic nitrogens is 1. The van der Waals surface area contributed by atoms with Crippen LogP contribution in [0.1, 0.15) is 10.4 Å². The topological polar surface area (TPSA) is 60.5 Å². The van der Waals surface area contributed by atoms with Crippen LogP contribution in [-0.4, -0.2) is 38.3 Å². The predicted octanol–water partition coefficient (Wildman–Crippen LogP) is 0.466. The van der Waals surface area contributed by atoms with E-state index < -0.39 is 5.97 Å². The number of ether oxygens (including phenoxy) is 2. The SMILES string of the molecule is CNCCOc1cc(C(=O)OC)ccn1. The molecule has 15 heavy (non-hydrogen) atoms. The fourth-order valence-electron chi connectivity index (χ4n) is 0.991. The number of carbonyl (C=O) groups excluding carboxylic acids is 1. The fraction of sp³-hybridized carbons (Fsp3) is 0.400. The standard InChI is InChI=1S/C10H14N2O3/c1-11-5-6-15-9-7-8(3-4-12-9)10(13)14-2/h3-4,7,11H,5-6H2,1-2H3. The van der Waals surface area contributed by atoms with Crippen molar-refractivity contribution in [3.63, 3.8) is 0 Å². The number of likely N-dealkylation sites (N-methyl/N-ethyl adjacent to an activating group) is 1. The molecule has 0 radical (unpaired) electrons. The molecule has 5 heteroatoms. The molecule has 1 rings (SSSR count). The molecular weight excluding hydrogens is 196 g/mol. The van der Waals surface area contributed by atoms with Gasteiger partial charge in [-0.05, 0) is 13.1 Å². The van der Waals surface area contributed by atoms with Gasteiger partial charge in [-0.25, -0.2) is 9.78 Å². The van der Waals surface area contributed by atoms with Crippen LogP contribution in [-0.2, 0) is 4.74 Å². The Morgan fingerprint density at radius 2 is 2.40 bits per heavy atom. The van der Waals surface area contributed by atoms with Crippen molar-refractivity contribution in [3.8, 4) is 5.88 Å². The predicted molar refractivity (Wildman–Crippen MR) is 55.0 cm³/mol. The van der Waals surface area contributed by atoms with E-state index in [2.05, 4.69) is 15.0 Å². The highest BCUT2D eigenvalue weighted by Gasteiger charge is 2.06. The number of carbonyl (C=O) groups is 1. The van der Waals surface area contributed by atoms with Crippen LogP contribution in [0, 0.1) is 0 Å². The zero-order valence-electron chi connectivity index (χ0n) is 8.82. The second-order valence-electron chi connectivity index (χ2n) is 2.83. The Morgan fingerprint density at radius 3 is 3.07 bits per heavy atom. The largest absolute Gasteiger partial charge is 0.476 e. The van der Waals surface area contributed by atoms with Crippen molar-refractivity contribution in [2.45, 2.75) is 0 Å². The number of esters is 1. The lowest BCUT2D eigenvalue weighted by atomic mass is 10.3. The summed E-state index contributed by atoms with van der Waals surface area (Å²) in [4.78, 5) is 15.1. The molecule has 0 aliphatic rings. The number of nitrogens with zero attached hydrogens (tertiary/aromatic N) is 1. The van der Waals surface area contributed by atoms with Crippen LogP contribution < -0.4 is 10.1 Å². The van der Waals surface area contributed by atoms with Crippen molar-refractivity contribution < 1.29 is 14.3 Å². The van der Waals surface area contributed by atoms with Crippen LogP contribution in [0.4, 0.5) is 0 Å². The molecule has 0 amide bonds. The average Bonchev–Trinajstić information content (AvgIpc) is 2.29. The minimum absolute atomic E-state index is 0.393. The molecule has 0 aliphatic heterocycles. The van der Waals surface area contributed by atoms with Crippen molar-refractivity contribution in [1.82, 2.24) is 10.3 Å². The van der Waals surface area contributed by atoms with Crippen LogP contribution in [0.2, 0.25) is 0 Å². The Bertz CT molecular complexity index is 328. The molecule has 1 aromatic rings. The summed E-state index contributed by atoms with van der Waals surface area (Å²) in [7, 11) is 3.17. The third-order valence-electron chi connectivity index (χ3n) is 1.76. The molecular formula is C10H14N2O3. The van der Waals surface area contributed by atoms with E-state index >= 15 is 0 Å². The number of hydrogen-bond donors (Lipinski definition) is 1. The molecule has 0 bridgehead atoms. The zero-order valence-corrected chi connectivity index (χ0v) is 8.82. The van der Waals surface area contributed by atoms with E-state index in [0.29, 0.717) is 18.1 Å². The van der Waals surface area contributed by atoms with Crippen molar-refractivity contribution >= 4 is 5.97 Å². The van der Waals surface area contributed by atoms with Gasteiger partial charge in [-0.2, -0.15) is 0 Å². The van der Waals surface area contributed by atoms with Crippen molar-refractivity contribution in [2.75, 3.05) is 27.3 Å². The van der Waals surface area contributed by atoms with E-state index in [1.54, 1.807) is 12.1 Å². The Morgan fingerprint density at radius 1 is 1.60 bits per heavy atom. The molecule has 0 atom stereocenters. The highest BCUT2D eigenvalue weighted by atomic mass is 16.5. The average molecular weight is 210 g/mol. The first-order valence-corrected chi connectivity index (χ1v) is 4.59. The maximum Gasteiger partial charge on any atom is 0.338 e. The maximum atomic E-state index is 11.2. The van der Waals surface area contributed by atoms with Crippen LogP contribution in [0.3, 0.4) is 0 Å². The lowest BCUT2D eigenvalue weighted by Crippen LogP contribution is -2.16. The number of methoxy groups -OCH3 is 1. The fourth-order valence-corrected chi connectivity index (χ4v) is 0.991. The summed E-state index contributed by atoms with van der Waals surface area (Å²) < 4.78 is 9.88.